The SMILES string of the molecule is CC(C)[C@H](NC(=O)c1cccnn1)C(=O)O. The molecule has 0 radical (unpaired) electrons. The van der Waals surface area contributed by atoms with Crippen molar-refractivity contribution < 1.29 is 14.7 Å². The predicted octanol–water partition coefficient (Wildman–Crippen LogP) is 0.316. The Morgan fingerprint density at radius 2 is 2.12 bits per heavy atom. The summed E-state index contributed by atoms with van der Waals surface area (Å²) in [7, 11) is 0. The van der Waals surface area contributed by atoms with Crippen LogP contribution in [0.2, 0.25) is 0 Å². The van der Waals surface area contributed by atoms with E-state index in [0.717, 1.165) is 0 Å². The fraction of sp³-hybridized carbons (Fsp3) is 0.400. The molecule has 0 aliphatic rings. The lowest BCUT2D eigenvalue weighted by Crippen LogP contribution is -2.44. The summed E-state index contributed by atoms with van der Waals surface area (Å²) < 4.78 is 0. The number of rotatable bonds is 4. The van der Waals surface area contributed by atoms with Gasteiger partial charge in [-0.2, -0.15) is 5.10 Å². The number of aliphatic carboxylic acids is 1. The summed E-state index contributed by atoms with van der Waals surface area (Å²) in [6.45, 7) is 3.44. The number of nitrogens with one attached hydrogen (secondary N) is 1. The van der Waals surface area contributed by atoms with Gasteiger partial charge in [-0.05, 0) is 18.1 Å². The van der Waals surface area contributed by atoms with E-state index in [4.69, 9.17) is 5.11 Å². The molecule has 1 amide bonds. The normalized spacial score (nSPS) is 12.2. The van der Waals surface area contributed by atoms with Crippen LogP contribution in [0.5, 0.6) is 0 Å². The molecule has 0 unspecified atom stereocenters. The molecule has 6 nitrogen and oxygen atoms in total. The van der Waals surface area contributed by atoms with E-state index in [2.05, 4.69) is 15.5 Å². The molecule has 0 aliphatic heterocycles. The van der Waals surface area contributed by atoms with Crippen LogP contribution in [-0.2, 0) is 4.79 Å². The van der Waals surface area contributed by atoms with Crippen LogP contribution in [0.4, 0.5) is 0 Å². The van der Waals surface area contributed by atoms with E-state index < -0.39 is 17.9 Å². The molecule has 0 saturated heterocycles. The standard InChI is InChI=1S/C10H13N3O3/c1-6(2)8(10(15)16)12-9(14)7-4-3-5-11-13-7/h3-6,8H,1-2H3,(H,12,14)(H,15,16)/t8-/m0/s1. The average Bonchev–Trinajstić information content (AvgIpc) is 2.25. The van der Waals surface area contributed by atoms with E-state index >= 15 is 0 Å². The van der Waals surface area contributed by atoms with Crippen molar-refractivity contribution in [1.29, 1.82) is 0 Å². The number of carboxylic acid groups (broad SMARTS) is 1. The van der Waals surface area contributed by atoms with E-state index in [9.17, 15) is 9.59 Å². The molecule has 1 rings (SSSR count). The third-order valence-electron chi connectivity index (χ3n) is 2.02. The van der Waals surface area contributed by atoms with Crippen molar-refractivity contribution in [2.24, 2.45) is 5.92 Å². The molecule has 2 N–H and O–H groups in total. The van der Waals surface area contributed by atoms with Crippen molar-refractivity contribution in [2.45, 2.75) is 19.9 Å². The number of carbonyl (C=O) groups excluding carboxylic acids is 1. The zero-order chi connectivity index (χ0) is 12.1. The van der Waals surface area contributed by atoms with E-state index in [1.807, 2.05) is 0 Å². The number of amides is 1. The second-order valence-electron chi connectivity index (χ2n) is 3.64. The number of carbonyl (C=O) groups is 2. The molecule has 6 heteroatoms. The molecule has 1 aromatic rings. The highest BCUT2D eigenvalue weighted by Crippen LogP contribution is 2.03. The van der Waals surface area contributed by atoms with E-state index in [1.54, 1.807) is 19.9 Å². The first-order chi connectivity index (χ1) is 7.52. The van der Waals surface area contributed by atoms with Gasteiger partial charge in [-0.15, -0.1) is 5.10 Å². The molecule has 0 spiro atoms. The molecule has 0 bridgehead atoms. The summed E-state index contributed by atoms with van der Waals surface area (Å²) in [4.78, 5) is 22.4. The van der Waals surface area contributed by atoms with Crippen LogP contribution >= 0.6 is 0 Å². The summed E-state index contributed by atoms with van der Waals surface area (Å²) in [5, 5.41) is 18.4. The Morgan fingerprint density at radius 1 is 1.44 bits per heavy atom. The minimum atomic E-state index is -1.06. The topological polar surface area (TPSA) is 92.2 Å². The minimum absolute atomic E-state index is 0.106. The monoisotopic (exact) mass is 223 g/mol. The highest BCUT2D eigenvalue weighted by Gasteiger charge is 2.24. The first-order valence-electron chi connectivity index (χ1n) is 4.83. The quantitative estimate of drug-likeness (QED) is 0.766. The molecule has 0 saturated carbocycles. The zero-order valence-corrected chi connectivity index (χ0v) is 9.04. The zero-order valence-electron chi connectivity index (χ0n) is 9.04. The Kier molecular flexibility index (Phi) is 3.93. The van der Waals surface area contributed by atoms with Crippen LogP contribution in [-0.4, -0.2) is 33.2 Å². The second-order valence-corrected chi connectivity index (χ2v) is 3.64. The van der Waals surface area contributed by atoms with Crippen molar-refractivity contribution in [3.63, 3.8) is 0 Å². The summed E-state index contributed by atoms with van der Waals surface area (Å²) in [5.41, 5.74) is 0.106. The summed E-state index contributed by atoms with van der Waals surface area (Å²) in [5.74, 6) is -1.79. The molecule has 1 heterocycles. The maximum absolute atomic E-state index is 11.6. The molecule has 86 valence electrons. The number of aromatic nitrogens is 2. The average molecular weight is 223 g/mol. The third-order valence-corrected chi connectivity index (χ3v) is 2.02. The molecule has 1 aromatic heterocycles. The maximum atomic E-state index is 11.6. The lowest BCUT2D eigenvalue weighted by atomic mass is 10.0. The number of carboxylic acids is 1. The molecular weight excluding hydrogens is 210 g/mol. The first-order valence-corrected chi connectivity index (χ1v) is 4.83. The minimum Gasteiger partial charge on any atom is -0.480 e. The third kappa shape index (κ3) is 3.01. The van der Waals surface area contributed by atoms with Crippen LogP contribution in [0.1, 0.15) is 24.3 Å². The largest absolute Gasteiger partial charge is 0.480 e. The highest BCUT2D eigenvalue weighted by atomic mass is 16.4. The Labute approximate surface area is 92.7 Å². The van der Waals surface area contributed by atoms with Crippen molar-refractivity contribution in [2.75, 3.05) is 0 Å². The van der Waals surface area contributed by atoms with Gasteiger partial charge in [0.05, 0.1) is 0 Å². The van der Waals surface area contributed by atoms with Gasteiger partial charge in [0.25, 0.3) is 5.91 Å². The Hall–Kier alpha value is -1.98. The fourth-order valence-electron chi connectivity index (χ4n) is 1.15. The van der Waals surface area contributed by atoms with Gasteiger partial charge in [-0.25, -0.2) is 4.79 Å². The van der Waals surface area contributed by atoms with Crippen LogP contribution in [0, 0.1) is 5.92 Å². The molecule has 0 fully saturated rings. The Balaban J connectivity index is 2.74. The summed E-state index contributed by atoms with van der Waals surface area (Å²) in [6.07, 6.45) is 1.44. The van der Waals surface area contributed by atoms with Gasteiger partial charge in [-0.3, -0.25) is 4.79 Å². The first kappa shape index (κ1) is 12.1. The smallest absolute Gasteiger partial charge is 0.326 e. The van der Waals surface area contributed by atoms with Gasteiger partial charge < -0.3 is 10.4 Å². The van der Waals surface area contributed by atoms with Crippen LogP contribution in [0.15, 0.2) is 18.3 Å². The van der Waals surface area contributed by atoms with Crippen molar-refractivity contribution in [1.82, 2.24) is 15.5 Å². The maximum Gasteiger partial charge on any atom is 0.326 e. The molecular formula is C10H13N3O3. The van der Waals surface area contributed by atoms with Crippen LogP contribution in [0.3, 0.4) is 0 Å². The lowest BCUT2D eigenvalue weighted by molar-refractivity contribution is -0.140. The van der Waals surface area contributed by atoms with E-state index in [1.165, 1.54) is 12.3 Å². The van der Waals surface area contributed by atoms with Crippen molar-refractivity contribution in [3.8, 4) is 0 Å². The summed E-state index contributed by atoms with van der Waals surface area (Å²) in [6, 6.07) is 2.11. The highest BCUT2D eigenvalue weighted by molar-refractivity contribution is 5.94. The molecule has 16 heavy (non-hydrogen) atoms. The van der Waals surface area contributed by atoms with Gasteiger partial charge >= 0.3 is 5.97 Å². The van der Waals surface area contributed by atoms with Gasteiger partial charge in [-0.1, -0.05) is 13.8 Å². The number of hydrogen-bond acceptors (Lipinski definition) is 4. The van der Waals surface area contributed by atoms with Crippen molar-refractivity contribution in [3.05, 3.63) is 24.0 Å². The van der Waals surface area contributed by atoms with E-state index in [0.29, 0.717) is 0 Å². The fourth-order valence-corrected chi connectivity index (χ4v) is 1.15. The second kappa shape index (κ2) is 5.20. The Bertz CT molecular complexity index is 378. The van der Waals surface area contributed by atoms with Gasteiger partial charge in [0.1, 0.15) is 6.04 Å². The Morgan fingerprint density at radius 3 is 2.56 bits per heavy atom. The van der Waals surface area contributed by atoms with Gasteiger partial charge in [0, 0.05) is 6.20 Å². The van der Waals surface area contributed by atoms with Gasteiger partial charge in [0.2, 0.25) is 0 Å². The van der Waals surface area contributed by atoms with Crippen molar-refractivity contribution >= 4 is 11.9 Å². The molecule has 1 atom stereocenters. The van der Waals surface area contributed by atoms with E-state index in [-0.39, 0.29) is 11.6 Å². The van der Waals surface area contributed by atoms with Crippen LogP contribution < -0.4 is 5.32 Å². The van der Waals surface area contributed by atoms with Gasteiger partial charge in [0.15, 0.2) is 5.69 Å². The molecule has 0 aromatic carbocycles. The number of hydrogen-bond donors (Lipinski definition) is 2. The molecule has 0 aliphatic carbocycles. The van der Waals surface area contributed by atoms with Crippen LogP contribution in [0.25, 0.3) is 0 Å². The predicted molar refractivity (Wildman–Crippen MR) is 55.8 cm³/mol. The number of nitrogens with zero attached hydrogens (tertiary/aromatic N) is 2. The summed E-state index contributed by atoms with van der Waals surface area (Å²) >= 11 is 0. The lowest BCUT2D eigenvalue weighted by Gasteiger charge is -2.17.